The molecule has 1 aromatic heterocycles. The van der Waals surface area contributed by atoms with Crippen molar-refractivity contribution in [1.29, 1.82) is 0 Å². The molecule has 0 amide bonds. The summed E-state index contributed by atoms with van der Waals surface area (Å²) in [6.45, 7) is 10.7. The lowest BCUT2D eigenvalue weighted by Crippen LogP contribution is -2.09. The molecule has 0 unspecified atom stereocenters. The molecule has 3 heteroatoms. The highest BCUT2D eigenvalue weighted by atomic mass is 16.5. The number of aryl methyl sites for hydroxylation is 1. The number of esters is 1. The van der Waals surface area contributed by atoms with Gasteiger partial charge in [-0.1, -0.05) is 6.92 Å². The van der Waals surface area contributed by atoms with Gasteiger partial charge in [0.1, 0.15) is 0 Å². The van der Waals surface area contributed by atoms with E-state index in [1.165, 1.54) is 0 Å². The third-order valence-corrected chi connectivity index (χ3v) is 2.66. The molecule has 0 aliphatic carbocycles. The average molecular weight is 223 g/mol. The van der Waals surface area contributed by atoms with Gasteiger partial charge in [-0.25, -0.2) is 4.79 Å². The van der Waals surface area contributed by atoms with Crippen LogP contribution in [0.5, 0.6) is 0 Å². The van der Waals surface area contributed by atoms with Crippen LogP contribution in [0.2, 0.25) is 0 Å². The number of nitrogens with zero attached hydrogens (tertiary/aromatic N) is 1. The lowest BCUT2D eigenvalue weighted by molar-refractivity contribution is 0.0504. The van der Waals surface area contributed by atoms with Crippen molar-refractivity contribution in [3.8, 4) is 0 Å². The van der Waals surface area contributed by atoms with E-state index in [1.54, 1.807) is 0 Å². The summed E-state index contributed by atoms with van der Waals surface area (Å²) < 4.78 is 7.31. The largest absolute Gasteiger partial charge is 0.462 e. The van der Waals surface area contributed by atoms with Crippen molar-refractivity contribution in [3.05, 3.63) is 23.0 Å². The lowest BCUT2D eigenvalue weighted by atomic mass is 10.2. The summed E-state index contributed by atoms with van der Waals surface area (Å²) in [4.78, 5) is 11.8. The molecule has 0 bridgehead atoms. The number of rotatable bonds is 4. The monoisotopic (exact) mass is 223 g/mol. The van der Waals surface area contributed by atoms with Crippen molar-refractivity contribution < 1.29 is 9.53 Å². The van der Waals surface area contributed by atoms with Crippen LogP contribution in [-0.4, -0.2) is 17.1 Å². The van der Waals surface area contributed by atoms with E-state index in [0.29, 0.717) is 18.2 Å². The van der Waals surface area contributed by atoms with Crippen LogP contribution >= 0.6 is 0 Å². The van der Waals surface area contributed by atoms with E-state index in [4.69, 9.17) is 4.74 Å². The van der Waals surface area contributed by atoms with Crippen LogP contribution in [0.4, 0.5) is 0 Å². The van der Waals surface area contributed by atoms with Gasteiger partial charge in [0, 0.05) is 17.4 Å². The van der Waals surface area contributed by atoms with Crippen molar-refractivity contribution in [2.75, 3.05) is 6.61 Å². The fourth-order valence-corrected chi connectivity index (χ4v) is 2.05. The standard InChI is InChI=1S/C13H21NO2/c1-6-7-16-13(15)12-8-10(4)14(9(2)3)11(12)5/h8-9H,6-7H2,1-5H3. The van der Waals surface area contributed by atoms with Gasteiger partial charge in [0.05, 0.1) is 12.2 Å². The van der Waals surface area contributed by atoms with Crippen molar-refractivity contribution in [1.82, 2.24) is 4.57 Å². The molecule has 0 aliphatic rings. The Morgan fingerprint density at radius 2 is 2.06 bits per heavy atom. The number of carbonyl (C=O) groups excluding carboxylic acids is 1. The molecule has 0 aromatic carbocycles. The van der Waals surface area contributed by atoms with Crippen LogP contribution < -0.4 is 0 Å². The predicted molar refractivity (Wildman–Crippen MR) is 64.9 cm³/mol. The van der Waals surface area contributed by atoms with Crippen LogP contribution in [-0.2, 0) is 4.74 Å². The average Bonchev–Trinajstić information content (AvgIpc) is 2.50. The first-order valence-corrected chi connectivity index (χ1v) is 5.84. The zero-order chi connectivity index (χ0) is 12.3. The van der Waals surface area contributed by atoms with Crippen molar-refractivity contribution >= 4 is 5.97 Å². The topological polar surface area (TPSA) is 31.2 Å². The number of hydrogen-bond acceptors (Lipinski definition) is 2. The zero-order valence-electron chi connectivity index (χ0n) is 10.8. The second-order valence-corrected chi connectivity index (χ2v) is 4.38. The maximum Gasteiger partial charge on any atom is 0.339 e. The van der Waals surface area contributed by atoms with Gasteiger partial charge in [-0.15, -0.1) is 0 Å². The second kappa shape index (κ2) is 5.19. The normalized spacial score (nSPS) is 10.9. The molecule has 1 aromatic rings. The molecule has 1 heterocycles. The summed E-state index contributed by atoms with van der Waals surface area (Å²) in [5.41, 5.74) is 2.80. The molecule has 3 nitrogen and oxygen atoms in total. The van der Waals surface area contributed by atoms with Crippen molar-refractivity contribution in [2.24, 2.45) is 0 Å². The third-order valence-electron chi connectivity index (χ3n) is 2.66. The molecule has 16 heavy (non-hydrogen) atoms. The number of carbonyl (C=O) groups is 1. The van der Waals surface area contributed by atoms with E-state index in [2.05, 4.69) is 18.4 Å². The molecule has 0 N–H and O–H groups in total. The minimum Gasteiger partial charge on any atom is -0.462 e. The molecule has 0 radical (unpaired) electrons. The zero-order valence-corrected chi connectivity index (χ0v) is 10.8. The first-order chi connectivity index (χ1) is 7.49. The quantitative estimate of drug-likeness (QED) is 0.734. The SMILES string of the molecule is CCCOC(=O)c1cc(C)n(C(C)C)c1C. The van der Waals surface area contributed by atoms with Gasteiger partial charge in [-0.3, -0.25) is 0 Å². The van der Waals surface area contributed by atoms with Gasteiger partial charge in [-0.05, 0) is 40.2 Å². The molecule has 1 rings (SSSR count). The molecule has 0 aliphatic heterocycles. The van der Waals surface area contributed by atoms with Gasteiger partial charge in [-0.2, -0.15) is 0 Å². The van der Waals surface area contributed by atoms with Gasteiger partial charge >= 0.3 is 5.97 Å². The van der Waals surface area contributed by atoms with E-state index >= 15 is 0 Å². The van der Waals surface area contributed by atoms with Crippen molar-refractivity contribution in [3.63, 3.8) is 0 Å². The first kappa shape index (κ1) is 12.8. The van der Waals surface area contributed by atoms with Crippen LogP contribution in [0.1, 0.15) is 55.0 Å². The Morgan fingerprint density at radius 1 is 1.44 bits per heavy atom. The summed E-state index contributed by atoms with van der Waals surface area (Å²) in [5, 5.41) is 0. The molecular formula is C13H21NO2. The summed E-state index contributed by atoms with van der Waals surface area (Å²) in [5.74, 6) is -0.207. The highest BCUT2D eigenvalue weighted by molar-refractivity contribution is 5.91. The van der Waals surface area contributed by atoms with Gasteiger partial charge in [0.15, 0.2) is 0 Å². The molecule has 0 atom stereocenters. The van der Waals surface area contributed by atoms with E-state index in [1.807, 2.05) is 26.8 Å². The fraction of sp³-hybridized carbons (Fsp3) is 0.615. The fourth-order valence-electron chi connectivity index (χ4n) is 2.05. The van der Waals surface area contributed by atoms with Crippen LogP contribution in [0, 0.1) is 13.8 Å². The predicted octanol–water partition coefficient (Wildman–Crippen LogP) is 3.25. The Labute approximate surface area is 97.4 Å². The Kier molecular flexibility index (Phi) is 4.16. The maximum absolute atomic E-state index is 11.8. The molecule has 0 spiro atoms. The summed E-state index contributed by atoms with van der Waals surface area (Å²) in [7, 11) is 0. The van der Waals surface area contributed by atoms with Gasteiger partial charge in [0.25, 0.3) is 0 Å². The smallest absolute Gasteiger partial charge is 0.339 e. The van der Waals surface area contributed by atoms with E-state index in [-0.39, 0.29) is 5.97 Å². The Balaban J connectivity index is 2.98. The highest BCUT2D eigenvalue weighted by Gasteiger charge is 2.17. The Bertz CT molecular complexity index is 378. The minimum absolute atomic E-state index is 0.207. The number of hydrogen-bond donors (Lipinski definition) is 0. The molecule has 0 saturated carbocycles. The maximum atomic E-state index is 11.8. The Hall–Kier alpha value is -1.25. The third kappa shape index (κ3) is 2.46. The van der Waals surface area contributed by atoms with Gasteiger partial charge in [0.2, 0.25) is 0 Å². The van der Waals surface area contributed by atoms with Crippen LogP contribution in [0.15, 0.2) is 6.07 Å². The van der Waals surface area contributed by atoms with Crippen molar-refractivity contribution in [2.45, 2.75) is 47.1 Å². The minimum atomic E-state index is -0.207. The van der Waals surface area contributed by atoms with E-state index in [9.17, 15) is 4.79 Å². The Morgan fingerprint density at radius 3 is 2.50 bits per heavy atom. The highest BCUT2D eigenvalue weighted by Crippen LogP contribution is 2.20. The molecule has 0 fully saturated rings. The second-order valence-electron chi connectivity index (χ2n) is 4.38. The summed E-state index contributed by atoms with van der Waals surface area (Å²) in [6.07, 6.45) is 0.856. The molecular weight excluding hydrogens is 202 g/mol. The number of aromatic nitrogens is 1. The molecule has 0 saturated heterocycles. The van der Waals surface area contributed by atoms with Gasteiger partial charge < -0.3 is 9.30 Å². The van der Waals surface area contributed by atoms with E-state index < -0.39 is 0 Å². The van der Waals surface area contributed by atoms with Crippen LogP contribution in [0.3, 0.4) is 0 Å². The molecule has 90 valence electrons. The lowest BCUT2D eigenvalue weighted by Gasteiger charge is -2.13. The summed E-state index contributed by atoms with van der Waals surface area (Å²) in [6, 6.07) is 2.28. The first-order valence-electron chi connectivity index (χ1n) is 5.84. The van der Waals surface area contributed by atoms with E-state index in [0.717, 1.165) is 17.8 Å². The number of ether oxygens (including phenoxy) is 1. The summed E-state index contributed by atoms with van der Waals surface area (Å²) >= 11 is 0. The van der Waals surface area contributed by atoms with Crippen LogP contribution in [0.25, 0.3) is 0 Å².